The number of hydrogen-bond donors (Lipinski definition) is 1. The molecule has 1 nitrogen and oxygen atoms in total. The second kappa shape index (κ2) is 4.80. The van der Waals surface area contributed by atoms with E-state index in [0.717, 1.165) is 12.8 Å². The molecule has 0 radical (unpaired) electrons. The zero-order valence-corrected chi connectivity index (χ0v) is 8.15. The lowest BCUT2D eigenvalue weighted by atomic mass is 9.97. The lowest BCUT2D eigenvalue weighted by molar-refractivity contribution is 0.202. The van der Waals surface area contributed by atoms with E-state index in [9.17, 15) is 4.39 Å². The van der Waals surface area contributed by atoms with Crippen LogP contribution in [0.4, 0.5) is 4.39 Å². The van der Waals surface area contributed by atoms with Gasteiger partial charge < -0.3 is 5.32 Å². The highest BCUT2D eigenvalue weighted by atomic mass is 19.1. The van der Waals surface area contributed by atoms with Crippen LogP contribution in [0.15, 0.2) is 0 Å². The van der Waals surface area contributed by atoms with Gasteiger partial charge in [0.2, 0.25) is 0 Å². The quantitative estimate of drug-likeness (QED) is 0.688. The van der Waals surface area contributed by atoms with Crippen LogP contribution in [0.5, 0.6) is 0 Å². The first-order chi connectivity index (χ1) is 5.74. The average molecular weight is 173 g/mol. The van der Waals surface area contributed by atoms with Crippen molar-refractivity contribution in [2.24, 2.45) is 5.92 Å². The second-order valence-corrected chi connectivity index (χ2v) is 3.99. The van der Waals surface area contributed by atoms with Gasteiger partial charge in [-0.3, -0.25) is 0 Å². The second-order valence-electron chi connectivity index (χ2n) is 3.99. The van der Waals surface area contributed by atoms with E-state index in [2.05, 4.69) is 5.32 Å². The third-order valence-corrected chi connectivity index (χ3v) is 2.98. The largest absolute Gasteiger partial charge is 0.317 e. The Kier molecular flexibility index (Phi) is 3.99. The number of halogens is 1. The summed E-state index contributed by atoms with van der Waals surface area (Å²) in [6.45, 7) is 2.04. The van der Waals surface area contributed by atoms with E-state index in [0.29, 0.717) is 18.4 Å². The Bertz CT molecular complexity index is 121. The Morgan fingerprint density at radius 2 is 2.00 bits per heavy atom. The van der Waals surface area contributed by atoms with Gasteiger partial charge in [0.25, 0.3) is 0 Å². The average Bonchev–Trinajstić information content (AvgIpc) is 2.56. The highest BCUT2D eigenvalue weighted by Crippen LogP contribution is 2.31. The zero-order chi connectivity index (χ0) is 8.97. The van der Waals surface area contributed by atoms with Crippen molar-refractivity contribution >= 4 is 0 Å². The van der Waals surface area contributed by atoms with Crippen LogP contribution >= 0.6 is 0 Å². The number of hydrogen-bond acceptors (Lipinski definition) is 1. The lowest BCUT2D eigenvalue weighted by Gasteiger charge is -2.18. The summed E-state index contributed by atoms with van der Waals surface area (Å²) in [4.78, 5) is 0. The standard InChI is InChI=1S/C10H20FN/c1-8(12-2)7-10(11)9-5-3-4-6-9/h8-10,12H,3-7H2,1-2H3. The maximum Gasteiger partial charge on any atom is 0.104 e. The molecule has 1 N–H and O–H groups in total. The van der Waals surface area contributed by atoms with Crippen molar-refractivity contribution in [1.29, 1.82) is 0 Å². The van der Waals surface area contributed by atoms with Crippen LogP contribution in [0, 0.1) is 5.92 Å². The molecule has 1 aliphatic carbocycles. The molecule has 0 amide bonds. The molecule has 1 saturated carbocycles. The highest BCUT2D eigenvalue weighted by molar-refractivity contribution is 4.77. The Morgan fingerprint density at radius 3 is 2.50 bits per heavy atom. The molecule has 1 fully saturated rings. The Labute approximate surface area is 74.7 Å². The predicted molar refractivity (Wildman–Crippen MR) is 50.0 cm³/mol. The van der Waals surface area contributed by atoms with E-state index in [-0.39, 0.29) is 0 Å². The Balaban J connectivity index is 2.21. The minimum Gasteiger partial charge on any atom is -0.317 e. The van der Waals surface area contributed by atoms with Gasteiger partial charge in [-0.1, -0.05) is 12.8 Å². The number of rotatable bonds is 4. The molecular formula is C10H20FN. The van der Waals surface area contributed by atoms with Gasteiger partial charge in [0, 0.05) is 6.04 Å². The SMILES string of the molecule is CNC(C)CC(F)C1CCCC1. The van der Waals surface area contributed by atoms with E-state index >= 15 is 0 Å². The minimum absolute atomic E-state index is 0.320. The molecule has 1 aliphatic rings. The van der Waals surface area contributed by atoms with Gasteiger partial charge in [-0.25, -0.2) is 4.39 Å². The molecule has 0 aromatic heterocycles. The summed E-state index contributed by atoms with van der Waals surface area (Å²) in [5.41, 5.74) is 0. The number of nitrogens with one attached hydrogen (secondary N) is 1. The summed E-state index contributed by atoms with van der Waals surface area (Å²) in [7, 11) is 1.89. The van der Waals surface area contributed by atoms with Crippen LogP contribution in [0.3, 0.4) is 0 Å². The first-order valence-electron chi connectivity index (χ1n) is 5.05. The van der Waals surface area contributed by atoms with Crippen molar-refractivity contribution in [1.82, 2.24) is 5.32 Å². The van der Waals surface area contributed by atoms with Gasteiger partial charge in [-0.05, 0) is 39.2 Å². The van der Waals surface area contributed by atoms with Gasteiger partial charge in [-0.15, -0.1) is 0 Å². The molecule has 0 heterocycles. The van der Waals surface area contributed by atoms with Gasteiger partial charge in [0.15, 0.2) is 0 Å². The fourth-order valence-electron chi connectivity index (χ4n) is 1.97. The van der Waals surface area contributed by atoms with Crippen LogP contribution in [0.2, 0.25) is 0 Å². The maximum atomic E-state index is 13.5. The molecule has 0 spiro atoms. The van der Waals surface area contributed by atoms with Crippen molar-refractivity contribution in [3.63, 3.8) is 0 Å². The predicted octanol–water partition coefficient (Wildman–Crippen LogP) is 2.51. The van der Waals surface area contributed by atoms with E-state index in [1.165, 1.54) is 12.8 Å². The summed E-state index contributed by atoms with van der Waals surface area (Å²) in [6, 6.07) is 0.320. The molecule has 1 rings (SSSR count). The molecule has 12 heavy (non-hydrogen) atoms. The molecule has 72 valence electrons. The molecule has 2 unspecified atom stereocenters. The van der Waals surface area contributed by atoms with Gasteiger partial charge in [0.05, 0.1) is 0 Å². The van der Waals surface area contributed by atoms with Crippen LogP contribution in [0.25, 0.3) is 0 Å². The van der Waals surface area contributed by atoms with Crippen molar-refractivity contribution in [3.8, 4) is 0 Å². The molecule has 0 aromatic rings. The van der Waals surface area contributed by atoms with Crippen LogP contribution < -0.4 is 5.32 Å². The first kappa shape index (κ1) is 9.97. The van der Waals surface area contributed by atoms with Gasteiger partial charge in [0.1, 0.15) is 6.17 Å². The molecule has 2 heteroatoms. The molecule has 2 atom stereocenters. The maximum absolute atomic E-state index is 13.5. The van der Waals surface area contributed by atoms with E-state index in [1.807, 2.05) is 14.0 Å². The number of alkyl halides is 1. The molecular weight excluding hydrogens is 153 g/mol. The van der Waals surface area contributed by atoms with Crippen LogP contribution in [0.1, 0.15) is 39.0 Å². The topological polar surface area (TPSA) is 12.0 Å². The van der Waals surface area contributed by atoms with Crippen molar-refractivity contribution in [2.75, 3.05) is 7.05 Å². The zero-order valence-electron chi connectivity index (χ0n) is 8.15. The van der Waals surface area contributed by atoms with E-state index in [1.54, 1.807) is 0 Å². The normalized spacial score (nSPS) is 24.2. The third kappa shape index (κ3) is 2.74. The summed E-state index contributed by atoms with van der Waals surface area (Å²) < 4.78 is 13.5. The molecule has 0 aromatic carbocycles. The highest BCUT2D eigenvalue weighted by Gasteiger charge is 2.25. The van der Waals surface area contributed by atoms with E-state index < -0.39 is 6.17 Å². The summed E-state index contributed by atoms with van der Waals surface area (Å²) in [6.07, 6.45) is 4.80. The lowest BCUT2D eigenvalue weighted by Crippen LogP contribution is -2.27. The van der Waals surface area contributed by atoms with Gasteiger partial charge in [-0.2, -0.15) is 0 Å². The smallest absolute Gasteiger partial charge is 0.104 e. The summed E-state index contributed by atoms with van der Waals surface area (Å²) in [5.74, 6) is 0.362. The Morgan fingerprint density at radius 1 is 1.42 bits per heavy atom. The fraction of sp³-hybridized carbons (Fsp3) is 1.00. The van der Waals surface area contributed by atoms with Crippen LogP contribution in [-0.4, -0.2) is 19.3 Å². The van der Waals surface area contributed by atoms with Crippen molar-refractivity contribution in [3.05, 3.63) is 0 Å². The third-order valence-electron chi connectivity index (χ3n) is 2.98. The van der Waals surface area contributed by atoms with Gasteiger partial charge >= 0.3 is 0 Å². The van der Waals surface area contributed by atoms with Crippen molar-refractivity contribution < 1.29 is 4.39 Å². The Hall–Kier alpha value is -0.110. The summed E-state index contributed by atoms with van der Waals surface area (Å²) >= 11 is 0. The monoisotopic (exact) mass is 173 g/mol. The first-order valence-corrected chi connectivity index (χ1v) is 5.05. The molecule has 0 aliphatic heterocycles. The van der Waals surface area contributed by atoms with Crippen LogP contribution in [-0.2, 0) is 0 Å². The fourth-order valence-corrected chi connectivity index (χ4v) is 1.97. The van der Waals surface area contributed by atoms with E-state index in [4.69, 9.17) is 0 Å². The summed E-state index contributed by atoms with van der Waals surface area (Å²) in [5, 5.41) is 3.08. The minimum atomic E-state index is -0.574. The molecule has 0 saturated heterocycles. The van der Waals surface area contributed by atoms with Crippen molar-refractivity contribution in [2.45, 2.75) is 51.2 Å². The molecule has 0 bridgehead atoms.